The molecule has 0 aliphatic carbocycles. The van der Waals surface area contributed by atoms with Crippen LogP contribution in [0.2, 0.25) is 5.02 Å². The molecule has 1 aliphatic heterocycles. The normalized spacial score (nSPS) is 20.7. The highest BCUT2D eigenvalue weighted by atomic mass is 35.5. The molecule has 2 atom stereocenters. The van der Waals surface area contributed by atoms with Gasteiger partial charge in [-0.25, -0.2) is 5.48 Å². The third-order valence-electron chi connectivity index (χ3n) is 5.58. The highest BCUT2D eigenvalue weighted by molar-refractivity contribution is 6.30. The van der Waals surface area contributed by atoms with Gasteiger partial charge in [0.25, 0.3) is 0 Å². The molecular weight excluding hydrogens is 418 g/mol. The Hall–Kier alpha value is -1.96. The van der Waals surface area contributed by atoms with E-state index in [1.807, 2.05) is 48.5 Å². The summed E-state index contributed by atoms with van der Waals surface area (Å²) in [5.74, 6) is -1.24. The largest absolute Gasteiger partial charge is 0.396 e. The van der Waals surface area contributed by atoms with E-state index in [9.17, 15) is 4.79 Å². The molecule has 7 heteroatoms. The number of hydrogen-bond acceptors (Lipinski definition) is 5. The zero-order valence-corrected chi connectivity index (χ0v) is 18.3. The van der Waals surface area contributed by atoms with Crippen LogP contribution in [0.15, 0.2) is 48.5 Å². The third kappa shape index (κ3) is 6.51. The summed E-state index contributed by atoms with van der Waals surface area (Å²) in [7, 11) is 0. The molecule has 2 aromatic carbocycles. The number of amides is 1. The lowest BCUT2D eigenvalue weighted by Gasteiger charge is -2.29. The van der Waals surface area contributed by atoms with Gasteiger partial charge in [0.15, 0.2) is 5.79 Å². The van der Waals surface area contributed by atoms with Gasteiger partial charge >= 0.3 is 0 Å². The fourth-order valence-electron chi connectivity index (χ4n) is 3.88. The van der Waals surface area contributed by atoms with E-state index in [-0.39, 0.29) is 19.1 Å². The smallest absolute Gasteiger partial charge is 0.243 e. The highest BCUT2D eigenvalue weighted by Crippen LogP contribution is 2.40. The van der Waals surface area contributed by atoms with Crippen molar-refractivity contribution in [2.24, 2.45) is 0 Å². The van der Waals surface area contributed by atoms with E-state index in [2.05, 4.69) is 0 Å². The number of aliphatic hydroxyl groups excluding tert-OH is 1. The van der Waals surface area contributed by atoms with Crippen LogP contribution in [0.5, 0.6) is 0 Å². The number of rotatable bonds is 11. The maximum atomic E-state index is 11.3. The molecule has 3 N–H and O–H groups in total. The lowest BCUT2D eigenvalue weighted by atomic mass is 9.96. The van der Waals surface area contributed by atoms with Gasteiger partial charge in [-0.15, -0.1) is 0 Å². The summed E-state index contributed by atoms with van der Waals surface area (Å²) in [6.45, 7) is 0.680. The van der Waals surface area contributed by atoms with Gasteiger partial charge in [-0.2, -0.15) is 0 Å². The number of ether oxygens (including phenoxy) is 2. The second-order valence-corrected chi connectivity index (χ2v) is 8.29. The van der Waals surface area contributed by atoms with Gasteiger partial charge in [-0.1, -0.05) is 48.0 Å². The van der Waals surface area contributed by atoms with E-state index in [4.69, 9.17) is 31.4 Å². The number of halogens is 1. The average Bonchev–Trinajstić information content (AvgIpc) is 3.22. The van der Waals surface area contributed by atoms with Crippen LogP contribution in [0.4, 0.5) is 0 Å². The van der Waals surface area contributed by atoms with E-state index < -0.39 is 11.7 Å². The van der Waals surface area contributed by atoms with Gasteiger partial charge in [-0.05, 0) is 55.4 Å². The first kappa shape index (κ1) is 23.7. The first-order chi connectivity index (χ1) is 15.1. The Morgan fingerprint density at radius 3 is 2.35 bits per heavy atom. The van der Waals surface area contributed by atoms with Crippen LogP contribution in [0.1, 0.15) is 50.5 Å². The molecule has 1 aliphatic rings. The fourth-order valence-corrected chi connectivity index (χ4v) is 4.00. The Morgan fingerprint density at radius 1 is 1.03 bits per heavy atom. The van der Waals surface area contributed by atoms with Crippen molar-refractivity contribution in [1.29, 1.82) is 0 Å². The second kappa shape index (κ2) is 11.6. The van der Waals surface area contributed by atoms with Crippen molar-refractivity contribution in [3.05, 3.63) is 59.1 Å². The Bertz CT molecular complexity index is 827. The molecule has 6 nitrogen and oxygen atoms in total. The number of aliphatic hydroxyl groups is 1. The maximum absolute atomic E-state index is 11.3. The number of benzene rings is 2. The third-order valence-corrected chi connectivity index (χ3v) is 5.83. The zero-order valence-electron chi connectivity index (χ0n) is 17.6. The van der Waals surface area contributed by atoms with Crippen LogP contribution >= 0.6 is 11.6 Å². The minimum Gasteiger partial charge on any atom is -0.396 e. The number of hydroxylamine groups is 1. The number of nitrogens with one attached hydrogen (secondary N) is 1. The molecular formula is C24H30ClNO5. The van der Waals surface area contributed by atoms with Crippen LogP contribution in [-0.2, 0) is 20.1 Å². The van der Waals surface area contributed by atoms with Crippen LogP contribution in [0, 0.1) is 0 Å². The van der Waals surface area contributed by atoms with E-state index in [1.165, 1.54) is 0 Å². The summed E-state index contributed by atoms with van der Waals surface area (Å²) in [5.41, 5.74) is 4.77. The van der Waals surface area contributed by atoms with E-state index >= 15 is 0 Å². The summed E-state index contributed by atoms with van der Waals surface area (Å²) in [6, 6.07) is 15.9. The summed E-state index contributed by atoms with van der Waals surface area (Å²) >= 11 is 5.99. The summed E-state index contributed by atoms with van der Waals surface area (Å²) < 4.78 is 12.6. The van der Waals surface area contributed by atoms with Crippen molar-refractivity contribution in [1.82, 2.24) is 5.48 Å². The van der Waals surface area contributed by atoms with E-state index in [0.717, 1.165) is 42.4 Å². The molecule has 1 heterocycles. The van der Waals surface area contributed by atoms with Crippen LogP contribution in [0.3, 0.4) is 0 Å². The lowest BCUT2D eigenvalue weighted by molar-refractivity contribution is -0.183. The van der Waals surface area contributed by atoms with Crippen molar-refractivity contribution in [3.63, 3.8) is 0 Å². The van der Waals surface area contributed by atoms with E-state index in [1.54, 1.807) is 5.48 Å². The summed E-state index contributed by atoms with van der Waals surface area (Å²) in [6.07, 6.45) is 4.64. The maximum Gasteiger partial charge on any atom is 0.243 e. The first-order valence-corrected chi connectivity index (χ1v) is 11.2. The van der Waals surface area contributed by atoms with Crippen LogP contribution in [0.25, 0.3) is 11.1 Å². The Kier molecular flexibility index (Phi) is 8.87. The molecule has 168 valence electrons. The van der Waals surface area contributed by atoms with Gasteiger partial charge < -0.3 is 14.6 Å². The SMILES string of the molecule is O=C(CCCCC1(c2ccc(-c3ccc(Cl)cc3)cc2)OCC(CCCCO)O1)NO. The number of carbonyl (C=O) groups is 1. The number of carbonyl (C=O) groups excluding carboxylic acids is 1. The standard InChI is InChI=1S/C24H30ClNO5/c25-21-13-9-19(10-14-21)18-7-11-20(12-8-18)24(15-3-1-6-23(28)26-29)30-17-22(31-24)5-2-4-16-27/h7-14,22,27,29H,1-6,15-17H2,(H,26,28). The number of hydrogen-bond donors (Lipinski definition) is 3. The lowest BCUT2D eigenvalue weighted by Crippen LogP contribution is -2.28. The molecule has 31 heavy (non-hydrogen) atoms. The molecule has 0 bridgehead atoms. The van der Waals surface area contributed by atoms with Crippen LogP contribution < -0.4 is 5.48 Å². The number of unbranched alkanes of at least 4 members (excludes halogenated alkanes) is 2. The minimum atomic E-state index is -0.849. The molecule has 1 amide bonds. The predicted octanol–water partition coefficient (Wildman–Crippen LogP) is 4.80. The predicted molar refractivity (Wildman–Crippen MR) is 119 cm³/mol. The Morgan fingerprint density at radius 2 is 1.71 bits per heavy atom. The van der Waals surface area contributed by atoms with Crippen molar-refractivity contribution in [2.45, 2.75) is 56.8 Å². The average molecular weight is 448 g/mol. The van der Waals surface area contributed by atoms with Crippen molar-refractivity contribution >= 4 is 17.5 Å². The highest BCUT2D eigenvalue weighted by Gasteiger charge is 2.42. The van der Waals surface area contributed by atoms with Gasteiger partial charge in [-0.3, -0.25) is 10.0 Å². The molecule has 0 radical (unpaired) electrons. The molecule has 2 unspecified atom stereocenters. The van der Waals surface area contributed by atoms with Gasteiger partial charge in [0.2, 0.25) is 5.91 Å². The fraction of sp³-hybridized carbons (Fsp3) is 0.458. The molecule has 1 fully saturated rings. The summed E-state index contributed by atoms with van der Waals surface area (Å²) in [4.78, 5) is 11.3. The zero-order chi connectivity index (χ0) is 22.1. The quantitative estimate of drug-likeness (QED) is 0.261. The van der Waals surface area contributed by atoms with E-state index in [0.29, 0.717) is 24.5 Å². The molecule has 2 aromatic rings. The van der Waals surface area contributed by atoms with Gasteiger partial charge in [0.1, 0.15) is 0 Å². The molecule has 3 rings (SSSR count). The van der Waals surface area contributed by atoms with Gasteiger partial charge in [0.05, 0.1) is 12.7 Å². The first-order valence-electron chi connectivity index (χ1n) is 10.8. The van der Waals surface area contributed by atoms with Gasteiger partial charge in [0, 0.05) is 30.0 Å². The Labute approximate surface area is 188 Å². The Balaban J connectivity index is 1.72. The molecule has 0 aromatic heterocycles. The molecule has 1 saturated heterocycles. The second-order valence-electron chi connectivity index (χ2n) is 7.85. The summed E-state index contributed by atoms with van der Waals surface area (Å²) in [5, 5.41) is 18.4. The monoisotopic (exact) mass is 447 g/mol. The molecule has 0 saturated carbocycles. The topological polar surface area (TPSA) is 88.0 Å². The van der Waals surface area contributed by atoms with Crippen molar-refractivity contribution in [3.8, 4) is 11.1 Å². The van der Waals surface area contributed by atoms with Crippen molar-refractivity contribution in [2.75, 3.05) is 13.2 Å². The molecule has 0 spiro atoms. The van der Waals surface area contributed by atoms with Crippen molar-refractivity contribution < 1.29 is 24.6 Å². The minimum absolute atomic E-state index is 0.0248. The van der Waals surface area contributed by atoms with Crippen LogP contribution in [-0.4, -0.2) is 35.5 Å².